The second kappa shape index (κ2) is 7.53. The molecule has 29 heavy (non-hydrogen) atoms. The summed E-state index contributed by atoms with van der Waals surface area (Å²) in [5, 5.41) is 0.714. The Kier molecular flexibility index (Phi) is 4.59. The first-order chi connectivity index (χ1) is 14.3. The molecule has 4 heteroatoms. The maximum atomic E-state index is 6.08. The van der Waals surface area contributed by atoms with E-state index < -0.39 is 0 Å². The van der Waals surface area contributed by atoms with Crippen LogP contribution in [0, 0.1) is 0 Å². The van der Waals surface area contributed by atoms with Gasteiger partial charge in [-0.1, -0.05) is 60.1 Å². The van der Waals surface area contributed by atoms with Crippen molar-refractivity contribution >= 4 is 17.2 Å². The van der Waals surface area contributed by atoms with Crippen molar-refractivity contribution in [1.29, 1.82) is 0 Å². The van der Waals surface area contributed by atoms with Crippen LogP contribution in [0.5, 0.6) is 0 Å². The third-order valence-corrected chi connectivity index (χ3v) is 5.23. The number of aromatic nitrogens is 3. The van der Waals surface area contributed by atoms with Gasteiger partial charge in [0.25, 0.3) is 0 Å². The van der Waals surface area contributed by atoms with Crippen LogP contribution in [0.2, 0.25) is 5.02 Å². The zero-order valence-electron chi connectivity index (χ0n) is 15.7. The average Bonchev–Trinajstić information content (AvgIpc) is 3.15. The van der Waals surface area contributed by atoms with Gasteiger partial charge in [-0.15, -0.1) is 0 Å². The van der Waals surface area contributed by atoms with E-state index in [0.717, 1.165) is 40.3 Å². The topological polar surface area (TPSA) is 30.2 Å². The predicted octanol–water partition coefficient (Wildman–Crippen LogP) is 6.31. The molecular formula is C25H18ClN3. The fourth-order valence-corrected chi connectivity index (χ4v) is 3.68. The third kappa shape index (κ3) is 3.53. The van der Waals surface area contributed by atoms with Crippen LogP contribution in [-0.2, 0) is 6.42 Å². The lowest BCUT2D eigenvalue weighted by Gasteiger charge is -2.07. The highest BCUT2D eigenvalue weighted by atomic mass is 35.5. The van der Waals surface area contributed by atoms with Crippen LogP contribution in [0.15, 0.2) is 97.3 Å². The summed E-state index contributed by atoms with van der Waals surface area (Å²) in [5.74, 6) is 0. The lowest BCUT2D eigenvalue weighted by atomic mass is 10.0. The minimum absolute atomic E-state index is 0.714. The standard InChI is InChI=1S/C25H18ClN3/c26-21-12-9-19(10-13-21)24-25(29-15-5-4-8-23(29)28-24)20-11-14-22(27-17-20)16-18-6-2-1-3-7-18/h1-15,17H,16H2. The molecule has 3 heterocycles. The zero-order chi connectivity index (χ0) is 19.6. The molecule has 0 aliphatic carbocycles. The Hall–Kier alpha value is -3.43. The summed E-state index contributed by atoms with van der Waals surface area (Å²) in [6, 6.07) is 28.4. The number of nitrogens with zero attached hydrogens (tertiary/aromatic N) is 3. The minimum atomic E-state index is 0.714. The van der Waals surface area contributed by atoms with Gasteiger partial charge in [0.15, 0.2) is 0 Å². The molecule has 0 amide bonds. The number of hydrogen-bond acceptors (Lipinski definition) is 2. The van der Waals surface area contributed by atoms with Crippen LogP contribution in [-0.4, -0.2) is 14.4 Å². The van der Waals surface area contributed by atoms with Crippen molar-refractivity contribution in [1.82, 2.24) is 14.4 Å². The van der Waals surface area contributed by atoms with Gasteiger partial charge in [0.05, 0.1) is 11.4 Å². The Labute approximate surface area is 174 Å². The van der Waals surface area contributed by atoms with Gasteiger partial charge in [-0.2, -0.15) is 0 Å². The van der Waals surface area contributed by atoms with Crippen LogP contribution in [0.25, 0.3) is 28.2 Å². The number of halogens is 1. The van der Waals surface area contributed by atoms with Gasteiger partial charge in [0.1, 0.15) is 5.65 Å². The van der Waals surface area contributed by atoms with E-state index in [1.54, 1.807) is 0 Å². The predicted molar refractivity (Wildman–Crippen MR) is 118 cm³/mol. The second-order valence-corrected chi connectivity index (χ2v) is 7.38. The molecule has 0 spiro atoms. The summed E-state index contributed by atoms with van der Waals surface area (Å²) < 4.78 is 2.11. The van der Waals surface area contributed by atoms with Gasteiger partial charge in [-0.05, 0) is 42.0 Å². The van der Waals surface area contributed by atoms with Crippen molar-refractivity contribution in [2.24, 2.45) is 0 Å². The number of fused-ring (bicyclic) bond motifs is 1. The van der Waals surface area contributed by atoms with Crippen molar-refractivity contribution in [3.05, 3.63) is 114 Å². The number of benzene rings is 2. The van der Waals surface area contributed by atoms with Crippen LogP contribution in [0.4, 0.5) is 0 Å². The fourth-order valence-electron chi connectivity index (χ4n) is 3.55. The Morgan fingerprint density at radius 1 is 0.759 bits per heavy atom. The van der Waals surface area contributed by atoms with E-state index in [1.165, 1.54) is 5.56 Å². The number of imidazole rings is 1. The van der Waals surface area contributed by atoms with Gasteiger partial charge in [-0.25, -0.2) is 4.98 Å². The molecule has 0 radical (unpaired) electrons. The zero-order valence-corrected chi connectivity index (χ0v) is 16.4. The molecule has 5 aromatic rings. The Bertz CT molecular complexity index is 1260. The molecule has 0 unspecified atom stereocenters. The van der Waals surface area contributed by atoms with E-state index >= 15 is 0 Å². The van der Waals surface area contributed by atoms with Crippen LogP contribution < -0.4 is 0 Å². The monoisotopic (exact) mass is 395 g/mol. The molecular weight excluding hydrogens is 378 g/mol. The van der Waals surface area contributed by atoms with Crippen molar-refractivity contribution in [3.8, 4) is 22.5 Å². The molecule has 0 fully saturated rings. The summed E-state index contributed by atoms with van der Waals surface area (Å²) in [7, 11) is 0. The number of pyridine rings is 2. The van der Waals surface area contributed by atoms with E-state index in [0.29, 0.717) is 5.02 Å². The van der Waals surface area contributed by atoms with E-state index in [2.05, 4.69) is 40.8 Å². The van der Waals surface area contributed by atoms with Crippen LogP contribution in [0.1, 0.15) is 11.3 Å². The second-order valence-electron chi connectivity index (χ2n) is 6.95. The quantitative estimate of drug-likeness (QED) is 0.357. The number of hydrogen-bond donors (Lipinski definition) is 0. The molecule has 0 N–H and O–H groups in total. The molecule has 5 rings (SSSR count). The van der Waals surface area contributed by atoms with Gasteiger partial charge in [0.2, 0.25) is 0 Å². The molecule has 0 atom stereocenters. The first-order valence-electron chi connectivity index (χ1n) is 9.50. The molecule has 0 bridgehead atoms. The van der Waals surface area contributed by atoms with Gasteiger partial charge in [-0.3, -0.25) is 9.38 Å². The highest BCUT2D eigenvalue weighted by Crippen LogP contribution is 2.33. The summed E-state index contributed by atoms with van der Waals surface area (Å²) in [4.78, 5) is 9.59. The SMILES string of the molecule is Clc1ccc(-c2nc3ccccn3c2-c2ccc(Cc3ccccc3)nc2)cc1. The number of rotatable bonds is 4. The van der Waals surface area contributed by atoms with Crippen LogP contribution in [0.3, 0.4) is 0 Å². The van der Waals surface area contributed by atoms with Crippen LogP contribution >= 0.6 is 11.6 Å². The average molecular weight is 396 g/mol. The van der Waals surface area contributed by atoms with E-state index in [1.807, 2.05) is 60.9 Å². The van der Waals surface area contributed by atoms with Gasteiger partial charge < -0.3 is 0 Å². The maximum absolute atomic E-state index is 6.08. The molecule has 2 aromatic carbocycles. The van der Waals surface area contributed by atoms with Crippen molar-refractivity contribution < 1.29 is 0 Å². The Morgan fingerprint density at radius 2 is 1.52 bits per heavy atom. The summed E-state index contributed by atoms with van der Waals surface area (Å²) in [6.07, 6.45) is 4.79. The van der Waals surface area contributed by atoms with E-state index in [-0.39, 0.29) is 0 Å². The molecule has 0 aliphatic rings. The Morgan fingerprint density at radius 3 is 2.28 bits per heavy atom. The first kappa shape index (κ1) is 17.7. The summed E-state index contributed by atoms with van der Waals surface area (Å²) in [5.41, 5.74) is 7.21. The van der Waals surface area contributed by atoms with Gasteiger partial charge >= 0.3 is 0 Å². The molecule has 140 valence electrons. The van der Waals surface area contributed by atoms with Crippen molar-refractivity contribution in [2.45, 2.75) is 6.42 Å². The summed E-state index contributed by atoms with van der Waals surface area (Å²) in [6.45, 7) is 0. The largest absolute Gasteiger partial charge is 0.299 e. The first-order valence-corrected chi connectivity index (χ1v) is 9.88. The highest BCUT2D eigenvalue weighted by Gasteiger charge is 2.16. The lowest BCUT2D eigenvalue weighted by molar-refractivity contribution is 1.07. The van der Waals surface area contributed by atoms with Crippen molar-refractivity contribution in [2.75, 3.05) is 0 Å². The normalized spacial score (nSPS) is 11.1. The minimum Gasteiger partial charge on any atom is -0.299 e. The van der Waals surface area contributed by atoms with Crippen molar-refractivity contribution in [3.63, 3.8) is 0 Å². The Balaban J connectivity index is 1.59. The lowest BCUT2D eigenvalue weighted by Crippen LogP contribution is -1.94. The maximum Gasteiger partial charge on any atom is 0.137 e. The third-order valence-electron chi connectivity index (χ3n) is 4.97. The molecule has 3 nitrogen and oxygen atoms in total. The highest BCUT2D eigenvalue weighted by molar-refractivity contribution is 6.30. The summed E-state index contributed by atoms with van der Waals surface area (Å²) >= 11 is 6.08. The smallest absolute Gasteiger partial charge is 0.137 e. The molecule has 0 aliphatic heterocycles. The van der Waals surface area contributed by atoms with Gasteiger partial charge in [0, 0.05) is 40.7 Å². The van der Waals surface area contributed by atoms with E-state index in [9.17, 15) is 0 Å². The molecule has 0 saturated carbocycles. The fraction of sp³-hybridized carbons (Fsp3) is 0.0400. The molecule has 3 aromatic heterocycles. The molecule has 0 saturated heterocycles. The van der Waals surface area contributed by atoms with E-state index in [4.69, 9.17) is 21.6 Å².